The summed E-state index contributed by atoms with van der Waals surface area (Å²) < 4.78 is 4.70. The Morgan fingerprint density at radius 1 is 1.33 bits per heavy atom. The standard InChI is InChI=1S/C15H18N4O2/c1-3-8-16-13-7-9-17-15(19-13)18-12-6-4-5-11(10-12)14(20)21-2/h4-7,9-10H,3,8H2,1-2H3,(H2,16,17,18,19). The summed E-state index contributed by atoms with van der Waals surface area (Å²) in [4.78, 5) is 20.0. The molecule has 1 aromatic heterocycles. The van der Waals surface area contributed by atoms with E-state index in [4.69, 9.17) is 4.74 Å². The molecule has 0 atom stereocenters. The molecule has 0 amide bonds. The van der Waals surface area contributed by atoms with Gasteiger partial charge < -0.3 is 15.4 Å². The second-order valence-corrected chi connectivity index (χ2v) is 4.39. The number of hydrogen-bond acceptors (Lipinski definition) is 6. The van der Waals surface area contributed by atoms with Crippen molar-refractivity contribution in [3.63, 3.8) is 0 Å². The van der Waals surface area contributed by atoms with Gasteiger partial charge in [-0.3, -0.25) is 0 Å². The quantitative estimate of drug-likeness (QED) is 0.795. The molecule has 0 radical (unpaired) electrons. The average Bonchev–Trinajstić information content (AvgIpc) is 2.53. The molecule has 0 aliphatic heterocycles. The summed E-state index contributed by atoms with van der Waals surface area (Å²) in [5, 5.41) is 6.26. The Morgan fingerprint density at radius 3 is 2.95 bits per heavy atom. The minimum absolute atomic E-state index is 0.377. The second kappa shape index (κ2) is 7.23. The van der Waals surface area contributed by atoms with Gasteiger partial charge in [-0.15, -0.1) is 0 Å². The van der Waals surface area contributed by atoms with Crippen LogP contribution in [0.4, 0.5) is 17.5 Å². The molecule has 1 heterocycles. The van der Waals surface area contributed by atoms with Gasteiger partial charge in [-0.05, 0) is 30.7 Å². The van der Waals surface area contributed by atoms with E-state index in [1.807, 2.05) is 12.1 Å². The van der Waals surface area contributed by atoms with Crippen LogP contribution in [0.25, 0.3) is 0 Å². The molecule has 1 aromatic carbocycles. The van der Waals surface area contributed by atoms with Crippen LogP contribution in [0.3, 0.4) is 0 Å². The first-order chi connectivity index (χ1) is 10.2. The number of esters is 1. The first-order valence-electron chi connectivity index (χ1n) is 6.75. The Hall–Kier alpha value is -2.63. The molecule has 2 rings (SSSR count). The van der Waals surface area contributed by atoms with Crippen molar-refractivity contribution in [1.82, 2.24) is 9.97 Å². The summed E-state index contributed by atoms with van der Waals surface area (Å²) in [7, 11) is 1.36. The Labute approximate surface area is 123 Å². The van der Waals surface area contributed by atoms with Crippen molar-refractivity contribution in [2.24, 2.45) is 0 Å². The van der Waals surface area contributed by atoms with Crippen LogP contribution in [-0.4, -0.2) is 29.6 Å². The van der Waals surface area contributed by atoms with Crippen molar-refractivity contribution in [3.05, 3.63) is 42.1 Å². The van der Waals surface area contributed by atoms with Gasteiger partial charge in [0.25, 0.3) is 0 Å². The smallest absolute Gasteiger partial charge is 0.337 e. The van der Waals surface area contributed by atoms with Crippen molar-refractivity contribution in [2.45, 2.75) is 13.3 Å². The molecular formula is C15H18N4O2. The molecule has 110 valence electrons. The third kappa shape index (κ3) is 4.17. The number of benzene rings is 1. The number of rotatable bonds is 6. The van der Waals surface area contributed by atoms with Gasteiger partial charge in [0.15, 0.2) is 0 Å². The first-order valence-corrected chi connectivity index (χ1v) is 6.75. The largest absolute Gasteiger partial charge is 0.465 e. The maximum atomic E-state index is 11.5. The number of hydrogen-bond donors (Lipinski definition) is 2. The number of carbonyl (C=O) groups excluding carboxylic acids is 1. The predicted octanol–water partition coefficient (Wildman–Crippen LogP) is 2.83. The van der Waals surface area contributed by atoms with E-state index in [1.54, 1.807) is 24.4 Å². The molecule has 21 heavy (non-hydrogen) atoms. The highest BCUT2D eigenvalue weighted by Gasteiger charge is 2.06. The first kappa shape index (κ1) is 14.8. The van der Waals surface area contributed by atoms with Crippen LogP contribution in [0.2, 0.25) is 0 Å². The lowest BCUT2D eigenvalue weighted by Gasteiger charge is -2.08. The number of nitrogens with one attached hydrogen (secondary N) is 2. The SMILES string of the molecule is CCCNc1ccnc(Nc2cccc(C(=O)OC)c2)n1. The molecule has 0 fully saturated rings. The Balaban J connectivity index is 2.12. The number of aromatic nitrogens is 2. The number of methoxy groups -OCH3 is 1. The molecule has 0 bridgehead atoms. The summed E-state index contributed by atoms with van der Waals surface area (Å²) in [6, 6.07) is 8.81. The van der Waals surface area contributed by atoms with Crippen molar-refractivity contribution in [1.29, 1.82) is 0 Å². The molecule has 0 saturated heterocycles. The van der Waals surface area contributed by atoms with E-state index in [9.17, 15) is 4.79 Å². The number of anilines is 3. The fourth-order valence-corrected chi connectivity index (χ4v) is 1.74. The zero-order valence-electron chi connectivity index (χ0n) is 12.1. The van der Waals surface area contributed by atoms with Gasteiger partial charge in [-0.1, -0.05) is 13.0 Å². The molecule has 0 saturated carbocycles. The highest BCUT2D eigenvalue weighted by atomic mass is 16.5. The van der Waals surface area contributed by atoms with E-state index in [0.717, 1.165) is 24.5 Å². The fourth-order valence-electron chi connectivity index (χ4n) is 1.74. The third-order valence-electron chi connectivity index (χ3n) is 2.75. The summed E-state index contributed by atoms with van der Waals surface area (Å²) in [6.45, 7) is 2.94. The third-order valence-corrected chi connectivity index (χ3v) is 2.75. The van der Waals surface area contributed by atoms with Gasteiger partial charge >= 0.3 is 5.97 Å². The number of ether oxygens (including phenoxy) is 1. The monoisotopic (exact) mass is 286 g/mol. The summed E-state index contributed by atoms with van der Waals surface area (Å²) >= 11 is 0. The lowest BCUT2D eigenvalue weighted by atomic mass is 10.2. The molecule has 0 spiro atoms. The Morgan fingerprint density at radius 2 is 2.19 bits per heavy atom. The second-order valence-electron chi connectivity index (χ2n) is 4.39. The molecule has 0 aliphatic rings. The van der Waals surface area contributed by atoms with Gasteiger partial charge in [-0.2, -0.15) is 4.98 Å². The zero-order valence-corrected chi connectivity index (χ0v) is 12.1. The molecule has 2 aromatic rings. The lowest BCUT2D eigenvalue weighted by Crippen LogP contribution is -2.05. The average molecular weight is 286 g/mol. The molecule has 0 aliphatic carbocycles. The van der Waals surface area contributed by atoms with Gasteiger partial charge in [-0.25, -0.2) is 9.78 Å². The summed E-state index contributed by atoms with van der Waals surface area (Å²) in [5.74, 6) is 0.856. The fraction of sp³-hybridized carbons (Fsp3) is 0.267. The maximum absolute atomic E-state index is 11.5. The molecule has 6 nitrogen and oxygen atoms in total. The van der Waals surface area contributed by atoms with Crippen molar-refractivity contribution in [3.8, 4) is 0 Å². The zero-order chi connectivity index (χ0) is 15.1. The van der Waals surface area contributed by atoms with Crippen molar-refractivity contribution >= 4 is 23.4 Å². The maximum Gasteiger partial charge on any atom is 0.337 e. The summed E-state index contributed by atoms with van der Waals surface area (Å²) in [5.41, 5.74) is 1.20. The van der Waals surface area contributed by atoms with Gasteiger partial charge in [0.1, 0.15) is 5.82 Å². The number of carbonyl (C=O) groups is 1. The van der Waals surface area contributed by atoms with Crippen LogP contribution >= 0.6 is 0 Å². The highest BCUT2D eigenvalue weighted by molar-refractivity contribution is 5.90. The van der Waals surface area contributed by atoms with Crippen LogP contribution < -0.4 is 10.6 Å². The van der Waals surface area contributed by atoms with E-state index < -0.39 is 0 Å². The van der Waals surface area contributed by atoms with Gasteiger partial charge in [0.2, 0.25) is 5.95 Å². The van der Waals surface area contributed by atoms with E-state index in [1.165, 1.54) is 7.11 Å². The molecular weight excluding hydrogens is 268 g/mol. The van der Waals surface area contributed by atoms with Crippen molar-refractivity contribution < 1.29 is 9.53 Å². The Bertz CT molecular complexity index is 616. The summed E-state index contributed by atoms with van der Waals surface area (Å²) in [6.07, 6.45) is 2.70. The molecule has 6 heteroatoms. The molecule has 0 unspecified atom stereocenters. The van der Waals surface area contributed by atoms with Crippen LogP contribution in [-0.2, 0) is 4.74 Å². The molecule has 2 N–H and O–H groups in total. The van der Waals surface area contributed by atoms with Gasteiger partial charge in [0, 0.05) is 18.4 Å². The van der Waals surface area contributed by atoms with E-state index in [2.05, 4.69) is 27.5 Å². The van der Waals surface area contributed by atoms with Crippen LogP contribution in [0.5, 0.6) is 0 Å². The van der Waals surface area contributed by atoms with Gasteiger partial charge in [0.05, 0.1) is 12.7 Å². The van der Waals surface area contributed by atoms with E-state index in [0.29, 0.717) is 11.5 Å². The normalized spacial score (nSPS) is 10.0. The van der Waals surface area contributed by atoms with Crippen LogP contribution in [0, 0.1) is 0 Å². The lowest BCUT2D eigenvalue weighted by molar-refractivity contribution is 0.0601. The number of nitrogens with zero attached hydrogens (tertiary/aromatic N) is 2. The predicted molar refractivity (Wildman–Crippen MR) is 81.9 cm³/mol. The minimum Gasteiger partial charge on any atom is -0.465 e. The Kier molecular flexibility index (Phi) is 5.09. The van der Waals surface area contributed by atoms with Crippen LogP contribution in [0.15, 0.2) is 36.5 Å². The minimum atomic E-state index is -0.377. The van der Waals surface area contributed by atoms with Crippen molar-refractivity contribution in [2.75, 3.05) is 24.3 Å². The highest BCUT2D eigenvalue weighted by Crippen LogP contribution is 2.16. The van der Waals surface area contributed by atoms with E-state index >= 15 is 0 Å². The van der Waals surface area contributed by atoms with E-state index in [-0.39, 0.29) is 5.97 Å². The topological polar surface area (TPSA) is 76.1 Å². The van der Waals surface area contributed by atoms with Crippen LogP contribution in [0.1, 0.15) is 23.7 Å².